The van der Waals surface area contributed by atoms with Gasteiger partial charge in [0.2, 0.25) is 5.91 Å². The van der Waals surface area contributed by atoms with E-state index in [9.17, 15) is 19.4 Å². The van der Waals surface area contributed by atoms with Gasteiger partial charge in [-0.05, 0) is 77.0 Å². The lowest BCUT2D eigenvalue weighted by Crippen LogP contribution is -2.45. The standard InChI is InChI=1S/C75H137N2O6P/c1-6-8-10-12-14-16-18-20-22-24-26-28-29-30-31-32-33-34-35-36-37-38-39-40-41-42-43-44-45-46-47-49-51-53-55-57-59-61-63-65-67-69-75(79)76-73(72-83-84(80,81)82-71-70-77(3,4)5)74(78)68-66-64-62-60-58-56-54-52-50-48-27-25-23-21-19-17-15-13-11-9-7-2/h8,10,14,16,20,22,26,28,30-31,33-34,36-37,66,68,73-74,78H,6-7,9,11-13,15,17-19,21,23-25,27,29,32,35,38-65,67,69-72H2,1-5H3,(H-,76,79,80,81)/b10-8-,16-14-,22-20-,28-26-,31-30-,34-33-,37-36-,68-66+. The molecule has 0 aliphatic carbocycles. The van der Waals surface area contributed by atoms with Crippen molar-refractivity contribution in [3.05, 3.63) is 97.2 Å². The highest BCUT2D eigenvalue weighted by atomic mass is 31.2. The number of aliphatic hydroxyl groups is 1. The second-order valence-electron chi connectivity index (χ2n) is 25.2. The average Bonchev–Trinajstić information content (AvgIpc) is 3.56. The van der Waals surface area contributed by atoms with Gasteiger partial charge in [0.05, 0.1) is 39.9 Å². The van der Waals surface area contributed by atoms with E-state index in [-0.39, 0.29) is 19.1 Å². The van der Waals surface area contributed by atoms with E-state index in [2.05, 4.69) is 104 Å². The van der Waals surface area contributed by atoms with E-state index in [1.54, 1.807) is 6.08 Å². The lowest BCUT2D eigenvalue weighted by Gasteiger charge is -2.29. The average molecular weight is 1190 g/mol. The van der Waals surface area contributed by atoms with E-state index in [1.165, 1.54) is 218 Å². The predicted octanol–water partition coefficient (Wildman–Crippen LogP) is 22.3. The molecule has 0 aromatic rings. The van der Waals surface area contributed by atoms with Crippen LogP contribution in [0.1, 0.15) is 322 Å². The summed E-state index contributed by atoms with van der Waals surface area (Å²) in [4.78, 5) is 25.6. The molecule has 84 heavy (non-hydrogen) atoms. The molecule has 1 amide bonds. The van der Waals surface area contributed by atoms with Crippen LogP contribution in [0.25, 0.3) is 0 Å². The highest BCUT2D eigenvalue weighted by molar-refractivity contribution is 7.45. The molecule has 0 radical (unpaired) electrons. The number of carbonyl (C=O) groups excluding carboxylic acids is 1. The molecule has 9 heteroatoms. The van der Waals surface area contributed by atoms with Gasteiger partial charge < -0.3 is 28.8 Å². The number of amides is 1. The van der Waals surface area contributed by atoms with Crippen molar-refractivity contribution in [2.45, 2.75) is 334 Å². The lowest BCUT2D eigenvalue weighted by atomic mass is 10.0. The molecule has 0 aromatic heterocycles. The number of hydrogen-bond acceptors (Lipinski definition) is 6. The summed E-state index contributed by atoms with van der Waals surface area (Å²) in [5.74, 6) is -0.194. The van der Waals surface area contributed by atoms with E-state index in [1.807, 2.05) is 27.2 Å². The molecule has 0 aliphatic rings. The van der Waals surface area contributed by atoms with Crippen LogP contribution in [0.5, 0.6) is 0 Å². The minimum Gasteiger partial charge on any atom is -0.756 e. The Balaban J connectivity index is 3.99. The van der Waals surface area contributed by atoms with Crippen LogP contribution in [0, 0.1) is 0 Å². The Labute approximate surface area is 521 Å². The van der Waals surface area contributed by atoms with Crippen molar-refractivity contribution in [1.29, 1.82) is 0 Å². The summed E-state index contributed by atoms with van der Waals surface area (Å²) in [6, 6.07) is -0.890. The first-order valence-electron chi connectivity index (χ1n) is 35.6. The van der Waals surface area contributed by atoms with Crippen molar-refractivity contribution in [2.75, 3.05) is 40.9 Å². The Morgan fingerprint density at radius 1 is 0.429 bits per heavy atom. The summed E-state index contributed by atoms with van der Waals surface area (Å²) in [5.41, 5.74) is 0. The molecule has 0 saturated carbocycles. The number of unbranched alkanes of at least 4 members (excludes halogenated alkanes) is 38. The number of aliphatic hydroxyl groups excluding tert-OH is 1. The van der Waals surface area contributed by atoms with Gasteiger partial charge in [0.25, 0.3) is 7.82 Å². The zero-order chi connectivity index (χ0) is 61.2. The number of rotatable bonds is 65. The number of likely N-dealkylation sites (N-methyl/N-ethyl adjacent to an activating group) is 1. The molecule has 2 N–H and O–H groups in total. The maximum Gasteiger partial charge on any atom is 0.268 e. The molecule has 0 rings (SSSR count). The topological polar surface area (TPSA) is 108 Å². The monoisotopic (exact) mass is 1190 g/mol. The van der Waals surface area contributed by atoms with Crippen LogP contribution >= 0.6 is 7.82 Å². The highest BCUT2D eigenvalue weighted by Crippen LogP contribution is 2.38. The second kappa shape index (κ2) is 64.9. The Morgan fingerprint density at radius 2 is 0.726 bits per heavy atom. The van der Waals surface area contributed by atoms with Gasteiger partial charge in [0.1, 0.15) is 13.2 Å². The Bertz CT molecular complexity index is 1690. The molecule has 0 heterocycles. The van der Waals surface area contributed by atoms with E-state index >= 15 is 0 Å². The molecule has 0 aromatic carbocycles. The summed E-state index contributed by atoms with van der Waals surface area (Å²) >= 11 is 0. The van der Waals surface area contributed by atoms with Crippen LogP contribution in [0.15, 0.2) is 97.2 Å². The molecule has 488 valence electrons. The van der Waals surface area contributed by atoms with Crippen LogP contribution in [0.4, 0.5) is 0 Å². The van der Waals surface area contributed by atoms with Gasteiger partial charge in [-0.1, -0.05) is 336 Å². The van der Waals surface area contributed by atoms with E-state index < -0.39 is 20.0 Å². The van der Waals surface area contributed by atoms with Crippen molar-refractivity contribution in [3.63, 3.8) is 0 Å². The summed E-state index contributed by atoms with van der Waals surface area (Å²) < 4.78 is 23.5. The number of allylic oxidation sites excluding steroid dienone is 15. The predicted molar refractivity (Wildman–Crippen MR) is 366 cm³/mol. The minimum absolute atomic E-state index is 0.00184. The SMILES string of the molecule is CC/C=C\C/C=C\C/C=C\C/C=C\C/C=C\C/C=C\C/C=C\CCCCCCCCCCCCCCCCCCCCCC(=O)NC(COP(=O)([O-])OCC[N+](C)(C)C)C(O)/C=C/CCCCCCCCCCCCCCCCCCCCC. The molecule has 0 saturated heterocycles. The first-order chi connectivity index (χ1) is 41.0. The number of phosphoric ester groups is 1. The van der Waals surface area contributed by atoms with Gasteiger partial charge >= 0.3 is 0 Å². The number of quaternary nitrogens is 1. The maximum absolute atomic E-state index is 13.0. The molecule has 8 nitrogen and oxygen atoms in total. The van der Waals surface area contributed by atoms with Crippen molar-refractivity contribution >= 4 is 13.7 Å². The van der Waals surface area contributed by atoms with Gasteiger partial charge in [0, 0.05) is 6.42 Å². The fourth-order valence-electron chi connectivity index (χ4n) is 10.3. The Kier molecular flexibility index (Phi) is 62.9. The fraction of sp³-hybridized carbons (Fsp3) is 0.773. The summed E-state index contributed by atoms with van der Waals surface area (Å²) in [6.07, 6.45) is 93.9. The normalized spacial score (nSPS) is 14.2. The number of phosphoric acid groups is 1. The number of nitrogens with zero attached hydrogens (tertiary/aromatic N) is 1. The summed E-state index contributed by atoms with van der Waals surface area (Å²) in [7, 11) is 1.27. The van der Waals surface area contributed by atoms with E-state index in [0.29, 0.717) is 17.4 Å². The summed E-state index contributed by atoms with van der Waals surface area (Å²) in [5, 5.41) is 14.0. The molecular weight excluding hydrogens is 1060 g/mol. The van der Waals surface area contributed by atoms with Gasteiger partial charge in [-0.25, -0.2) is 0 Å². The molecule has 3 unspecified atom stereocenters. The van der Waals surface area contributed by atoms with Crippen molar-refractivity contribution in [3.8, 4) is 0 Å². The van der Waals surface area contributed by atoms with Gasteiger partial charge in [-0.15, -0.1) is 0 Å². The second-order valence-corrected chi connectivity index (χ2v) is 26.6. The Hall–Kier alpha value is -2.58. The molecular formula is C75H137N2O6P. The highest BCUT2D eigenvalue weighted by Gasteiger charge is 2.23. The van der Waals surface area contributed by atoms with Crippen molar-refractivity contribution in [2.24, 2.45) is 0 Å². The van der Waals surface area contributed by atoms with Crippen LogP contribution < -0.4 is 10.2 Å². The molecule has 3 atom stereocenters. The third kappa shape index (κ3) is 66.9. The van der Waals surface area contributed by atoms with E-state index in [0.717, 1.165) is 83.5 Å². The molecule has 0 aliphatic heterocycles. The quantitative estimate of drug-likeness (QED) is 0.0272. The molecule has 0 spiro atoms. The third-order valence-corrected chi connectivity index (χ3v) is 16.8. The van der Waals surface area contributed by atoms with Gasteiger partial charge in [-0.3, -0.25) is 9.36 Å². The fourth-order valence-corrected chi connectivity index (χ4v) is 11.0. The number of hydrogen-bond donors (Lipinski definition) is 2. The van der Waals surface area contributed by atoms with E-state index in [4.69, 9.17) is 9.05 Å². The van der Waals surface area contributed by atoms with Gasteiger partial charge in [-0.2, -0.15) is 0 Å². The van der Waals surface area contributed by atoms with Crippen LogP contribution in [-0.4, -0.2) is 68.5 Å². The zero-order valence-electron chi connectivity index (χ0n) is 55.8. The largest absolute Gasteiger partial charge is 0.756 e. The first kappa shape index (κ1) is 81.4. The third-order valence-electron chi connectivity index (χ3n) is 15.8. The Morgan fingerprint density at radius 3 is 1.06 bits per heavy atom. The molecule has 0 fully saturated rings. The van der Waals surface area contributed by atoms with Crippen LogP contribution in [0.3, 0.4) is 0 Å². The smallest absolute Gasteiger partial charge is 0.268 e. The molecule has 0 bridgehead atoms. The van der Waals surface area contributed by atoms with Crippen LogP contribution in [0.2, 0.25) is 0 Å². The first-order valence-corrected chi connectivity index (χ1v) is 37.1. The summed E-state index contributed by atoms with van der Waals surface area (Å²) in [6.45, 7) is 4.57. The van der Waals surface area contributed by atoms with Crippen molar-refractivity contribution in [1.82, 2.24) is 5.32 Å². The number of nitrogens with one attached hydrogen (secondary N) is 1. The zero-order valence-corrected chi connectivity index (χ0v) is 56.7. The minimum atomic E-state index is -4.60. The lowest BCUT2D eigenvalue weighted by molar-refractivity contribution is -0.870. The van der Waals surface area contributed by atoms with Gasteiger partial charge in [0.15, 0.2) is 0 Å². The van der Waals surface area contributed by atoms with Crippen molar-refractivity contribution < 1.29 is 32.9 Å². The number of carbonyl (C=O) groups is 1. The van der Waals surface area contributed by atoms with Crippen LogP contribution in [-0.2, 0) is 18.4 Å². The maximum atomic E-state index is 13.0.